The summed E-state index contributed by atoms with van der Waals surface area (Å²) < 4.78 is 0. The Labute approximate surface area is 116 Å². The van der Waals surface area contributed by atoms with Gasteiger partial charge >= 0.3 is 0 Å². The summed E-state index contributed by atoms with van der Waals surface area (Å²) in [6.45, 7) is 8.54. The first-order chi connectivity index (χ1) is 8.90. The van der Waals surface area contributed by atoms with Crippen molar-refractivity contribution in [2.75, 3.05) is 0 Å². The van der Waals surface area contributed by atoms with Crippen molar-refractivity contribution in [1.82, 2.24) is 0 Å². The van der Waals surface area contributed by atoms with Crippen LogP contribution in [0, 0.1) is 20.8 Å². The summed E-state index contributed by atoms with van der Waals surface area (Å²) >= 11 is 0. The summed E-state index contributed by atoms with van der Waals surface area (Å²) in [5.41, 5.74) is 12.7. The molecule has 2 rings (SSSR count). The number of benzene rings is 2. The van der Waals surface area contributed by atoms with Crippen molar-refractivity contribution in [2.24, 2.45) is 5.73 Å². The van der Waals surface area contributed by atoms with Crippen LogP contribution in [0.5, 0.6) is 0 Å². The first-order valence-electron chi connectivity index (χ1n) is 6.81. The van der Waals surface area contributed by atoms with Gasteiger partial charge in [0.15, 0.2) is 0 Å². The second-order valence-electron chi connectivity index (χ2n) is 5.83. The van der Waals surface area contributed by atoms with Crippen LogP contribution in [-0.2, 0) is 12.0 Å². The maximum Gasteiger partial charge on any atom is 0.0424 e. The lowest BCUT2D eigenvalue weighted by Crippen LogP contribution is -2.36. The van der Waals surface area contributed by atoms with E-state index in [4.69, 9.17) is 5.73 Å². The molecule has 0 heterocycles. The van der Waals surface area contributed by atoms with Crippen molar-refractivity contribution in [3.63, 3.8) is 0 Å². The van der Waals surface area contributed by atoms with E-state index < -0.39 is 0 Å². The third kappa shape index (κ3) is 3.05. The normalized spacial score (nSPS) is 14.2. The fraction of sp³-hybridized carbons (Fsp3) is 0.333. The summed E-state index contributed by atoms with van der Waals surface area (Å²) in [6, 6.07) is 15.0. The van der Waals surface area contributed by atoms with Crippen LogP contribution < -0.4 is 5.73 Å². The average molecular weight is 253 g/mol. The van der Waals surface area contributed by atoms with Crippen LogP contribution in [0.2, 0.25) is 0 Å². The molecule has 100 valence electrons. The molecule has 1 atom stereocenters. The quantitative estimate of drug-likeness (QED) is 0.878. The van der Waals surface area contributed by atoms with Gasteiger partial charge in [0, 0.05) is 5.54 Å². The zero-order valence-corrected chi connectivity index (χ0v) is 12.3. The molecule has 0 bridgehead atoms. The minimum absolute atomic E-state index is 0.326. The van der Waals surface area contributed by atoms with Crippen LogP contribution in [-0.4, -0.2) is 0 Å². The minimum atomic E-state index is -0.326. The molecule has 19 heavy (non-hydrogen) atoms. The topological polar surface area (TPSA) is 26.0 Å². The first kappa shape index (κ1) is 13.8. The van der Waals surface area contributed by atoms with Gasteiger partial charge in [-0.3, -0.25) is 0 Å². The highest BCUT2D eigenvalue weighted by Crippen LogP contribution is 2.26. The van der Waals surface area contributed by atoms with Crippen LogP contribution >= 0.6 is 0 Å². The molecular weight excluding hydrogens is 230 g/mol. The Hall–Kier alpha value is -1.60. The van der Waals surface area contributed by atoms with E-state index in [0.29, 0.717) is 0 Å². The highest BCUT2D eigenvalue weighted by molar-refractivity contribution is 5.36. The lowest BCUT2D eigenvalue weighted by Gasteiger charge is -2.27. The second-order valence-corrected chi connectivity index (χ2v) is 5.83. The fourth-order valence-corrected chi connectivity index (χ4v) is 2.65. The van der Waals surface area contributed by atoms with Crippen molar-refractivity contribution >= 4 is 0 Å². The van der Waals surface area contributed by atoms with E-state index in [1.165, 1.54) is 27.8 Å². The molecule has 0 aliphatic heterocycles. The molecule has 2 aromatic rings. The molecular formula is C18H23N. The summed E-state index contributed by atoms with van der Waals surface area (Å²) in [7, 11) is 0. The lowest BCUT2D eigenvalue weighted by atomic mass is 9.84. The molecule has 2 aromatic carbocycles. The number of aryl methyl sites for hydroxylation is 3. The molecule has 0 fully saturated rings. The molecule has 1 unspecified atom stereocenters. The molecule has 1 heteroatoms. The Morgan fingerprint density at radius 3 is 2.21 bits per heavy atom. The predicted molar refractivity (Wildman–Crippen MR) is 82.3 cm³/mol. The van der Waals surface area contributed by atoms with Gasteiger partial charge in [0.05, 0.1) is 0 Å². The minimum Gasteiger partial charge on any atom is -0.321 e. The van der Waals surface area contributed by atoms with Gasteiger partial charge in [-0.1, -0.05) is 42.5 Å². The maximum absolute atomic E-state index is 6.56. The van der Waals surface area contributed by atoms with E-state index in [-0.39, 0.29) is 5.54 Å². The molecule has 0 aliphatic rings. The number of hydrogen-bond donors (Lipinski definition) is 1. The van der Waals surface area contributed by atoms with Crippen LogP contribution in [0.25, 0.3) is 0 Å². The van der Waals surface area contributed by atoms with Crippen molar-refractivity contribution in [3.8, 4) is 0 Å². The fourth-order valence-electron chi connectivity index (χ4n) is 2.65. The summed E-state index contributed by atoms with van der Waals surface area (Å²) in [4.78, 5) is 0. The second kappa shape index (κ2) is 5.18. The predicted octanol–water partition coefficient (Wildman–Crippen LogP) is 4.03. The zero-order valence-electron chi connectivity index (χ0n) is 12.3. The Morgan fingerprint density at radius 1 is 0.895 bits per heavy atom. The molecule has 1 nitrogen and oxygen atoms in total. The molecule has 0 saturated heterocycles. The lowest BCUT2D eigenvalue weighted by molar-refractivity contribution is 0.488. The van der Waals surface area contributed by atoms with E-state index in [1.54, 1.807) is 0 Å². The van der Waals surface area contributed by atoms with Crippen LogP contribution in [0.15, 0.2) is 42.5 Å². The highest BCUT2D eigenvalue weighted by atomic mass is 14.7. The van der Waals surface area contributed by atoms with Crippen LogP contribution in [0.3, 0.4) is 0 Å². The van der Waals surface area contributed by atoms with Gasteiger partial charge in [0.1, 0.15) is 0 Å². The van der Waals surface area contributed by atoms with Crippen molar-refractivity contribution in [3.05, 3.63) is 70.3 Å². The highest BCUT2D eigenvalue weighted by Gasteiger charge is 2.23. The summed E-state index contributed by atoms with van der Waals surface area (Å²) in [6.07, 6.45) is 0.860. The van der Waals surface area contributed by atoms with E-state index in [9.17, 15) is 0 Å². The van der Waals surface area contributed by atoms with Crippen molar-refractivity contribution in [2.45, 2.75) is 39.7 Å². The van der Waals surface area contributed by atoms with E-state index in [1.807, 2.05) is 0 Å². The number of rotatable bonds is 3. The van der Waals surface area contributed by atoms with Gasteiger partial charge in [0.2, 0.25) is 0 Å². The molecule has 0 amide bonds. The van der Waals surface area contributed by atoms with E-state index >= 15 is 0 Å². The SMILES string of the molecule is Cc1ccc(CC(C)(N)c2ccccc2C)cc1C. The van der Waals surface area contributed by atoms with Gasteiger partial charge in [0.25, 0.3) is 0 Å². The number of hydrogen-bond acceptors (Lipinski definition) is 1. The Morgan fingerprint density at radius 2 is 1.58 bits per heavy atom. The van der Waals surface area contributed by atoms with Gasteiger partial charge in [-0.15, -0.1) is 0 Å². The number of nitrogens with two attached hydrogens (primary N) is 1. The van der Waals surface area contributed by atoms with Crippen molar-refractivity contribution in [1.29, 1.82) is 0 Å². The third-order valence-electron chi connectivity index (χ3n) is 3.90. The Balaban J connectivity index is 2.31. The smallest absolute Gasteiger partial charge is 0.0424 e. The molecule has 0 aromatic heterocycles. The van der Waals surface area contributed by atoms with E-state index in [2.05, 4.69) is 70.2 Å². The molecule has 0 radical (unpaired) electrons. The Kier molecular flexibility index (Phi) is 3.77. The van der Waals surface area contributed by atoms with Crippen molar-refractivity contribution < 1.29 is 0 Å². The summed E-state index contributed by atoms with van der Waals surface area (Å²) in [5, 5.41) is 0. The van der Waals surface area contributed by atoms with Crippen LogP contribution in [0.1, 0.15) is 34.7 Å². The van der Waals surface area contributed by atoms with E-state index in [0.717, 1.165) is 6.42 Å². The largest absolute Gasteiger partial charge is 0.321 e. The van der Waals surface area contributed by atoms with Gasteiger partial charge in [-0.2, -0.15) is 0 Å². The standard InChI is InChI=1S/C18H23N/c1-13-9-10-16(11-15(13)3)12-18(4,19)17-8-6-5-7-14(17)2/h5-11H,12,19H2,1-4H3. The Bertz CT molecular complexity index is 582. The molecule has 2 N–H and O–H groups in total. The molecule has 0 saturated carbocycles. The van der Waals surface area contributed by atoms with Gasteiger partial charge < -0.3 is 5.73 Å². The molecule has 0 aliphatic carbocycles. The zero-order chi connectivity index (χ0) is 14.0. The molecule has 0 spiro atoms. The van der Waals surface area contributed by atoms with Crippen LogP contribution in [0.4, 0.5) is 0 Å². The average Bonchev–Trinajstić information content (AvgIpc) is 2.34. The third-order valence-corrected chi connectivity index (χ3v) is 3.90. The summed E-state index contributed by atoms with van der Waals surface area (Å²) in [5.74, 6) is 0. The first-order valence-corrected chi connectivity index (χ1v) is 6.81. The van der Waals surface area contributed by atoms with Gasteiger partial charge in [-0.05, 0) is 61.9 Å². The monoisotopic (exact) mass is 253 g/mol. The maximum atomic E-state index is 6.56. The van der Waals surface area contributed by atoms with Gasteiger partial charge in [-0.25, -0.2) is 0 Å².